The number of anilines is 2. The van der Waals surface area contributed by atoms with Gasteiger partial charge in [-0.25, -0.2) is 23.4 Å². The van der Waals surface area contributed by atoms with Crippen molar-refractivity contribution >= 4 is 56.3 Å². The van der Waals surface area contributed by atoms with E-state index in [1.165, 1.54) is 19.7 Å². The Morgan fingerprint density at radius 1 is 0.609 bits per heavy atom. The van der Waals surface area contributed by atoms with Crippen LogP contribution < -0.4 is 38.0 Å². The second kappa shape index (κ2) is 18.2. The summed E-state index contributed by atoms with van der Waals surface area (Å²) in [5.74, 6) is -0.891. The van der Waals surface area contributed by atoms with Crippen molar-refractivity contribution < 1.29 is 18.7 Å². The quantitative estimate of drug-likeness (QED) is 0.116. The molecule has 4 aromatic carbocycles. The van der Waals surface area contributed by atoms with Crippen molar-refractivity contribution in [3.8, 4) is 17.1 Å². The Kier molecular flexibility index (Phi) is 11.9. The van der Waals surface area contributed by atoms with Gasteiger partial charge in [0.05, 0.1) is 41.4 Å². The summed E-state index contributed by atoms with van der Waals surface area (Å²) in [6.07, 6.45) is 6.44. The topological polar surface area (TPSA) is 224 Å². The van der Waals surface area contributed by atoms with Crippen molar-refractivity contribution in [2.45, 2.75) is 39.8 Å². The van der Waals surface area contributed by atoms with Crippen molar-refractivity contribution in [2.24, 2.45) is 0 Å². The zero-order chi connectivity index (χ0) is 48.7. The number of hydrogen-bond donors (Lipinski definition) is 4. The van der Waals surface area contributed by atoms with Crippen molar-refractivity contribution in [2.75, 3.05) is 18.6 Å². The highest BCUT2D eigenvalue weighted by molar-refractivity contribution is 6.05. The number of nitrogen functional groups attached to an aromatic ring is 2. The molecule has 6 heterocycles. The van der Waals surface area contributed by atoms with E-state index >= 15 is 0 Å². The van der Waals surface area contributed by atoms with E-state index in [0.29, 0.717) is 56.1 Å². The van der Waals surface area contributed by atoms with Gasteiger partial charge in [-0.2, -0.15) is 0 Å². The Balaban J connectivity index is 0.000000172. The molecule has 6 aromatic heterocycles. The smallest absolute Gasteiger partial charge is 0.267 e. The minimum Gasteiger partial charge on any atom is -0.496 e. The first-order valence-corrected chi connectivity index (χ1v) is 21.8. The number of carbonyl (C=O) groups is 2. The number of ether oxygens (including phenoxy) is 1. The third-order valence-electron chi connectivity index (χ3n) is 12.0. The number of nitrogens with zero attached hydrogens (tertiary/aromatic N) is 8. The van der Waals surface area contributed by atoms with E-state index in [4.69, 9.17) is 16.2 Å². The summed E-state index contributed by atoms with van der Waals surface area (Å²) >= 11 is 0. The molecule has 0 saturated heterocycles. The number of aryl methyl sites for hydroxylation is 2. The van der Waals surface area contributed by atoms with Crippen molar-refractivity contribution in [1.29, 1.82) is 0 Å². The van der Waals surface area contributed by atoms with Gasteiger partial charge in [0.1, 0.15) is 22.7 Å². The van der Waals surface area contributed by atoms with Crippen LogP contribution in [0.3, 0.4) is 0 Å². The van der Waals surface area contributed by atoms with Crippen LogP contribution in [-0.4, -0.2) is 57.3 Å². The highest BCUT2D eigenvalue weighted by Gasteiger charge is 2.28. The molecule has 0 aliphatic carbocycles. The summed E-state index contributed by atoms with van der Waals surface area (Å²) in [7, 11) is 1.54. The van der Waals surface area contributed by atoms with Crippen LogP contribution in [0.5, 0.6) is 5.75 Å². The number of amides is 2. The highest BCUT2D eigenvalue weighted by atomic mass is 19.1. The second-order valence-electron chi connectivity index (χ2n) is 16.2. The first-order chi connectivity index (χ1) is 33.3. The van der Waals surface area contributed by atoms with E-state index in [1.807, 2.05) is 69.3 Å². The molecule has 6 N–H and O–H groups in total. The van der Waals surface area contributed by atoms with Gasteiger partial charge in [0, 0.05) is 36.2 Å². The highest BCUT2D eigenvalue weighted by Crippen LogP contribution is 2.32. The number of aromatic nitrogens is 8. The normalized spacial score (nSPS) is 12.1. The lowest BCUT2D eigenvalue weighted by Crippen LogP contribution is -2.33. The number of hydrogen-bond acceptors (Lipinski definition) is 11. The average molecular weight is 925 g/mol. The number of methoxy groups -OCH3 is 1. The van der Waals surface area contributed by atoms with Gasteiger partial charge >= 0.3 is 0 Å². The second-order valence-corrected chi connectivity index (χ2v) is 16.2. The Labute approximate surface area is 392 Å². The molecule has 0 spiro atoms. The molecule has 0 fully saturated rings. The standard InChI is InChI=1S/C26H24N6O3.C25H21FN6O2/c1-15-18-11-7-12-19(35-3)20(18)26(34)32(17-9-5-4-6-10-17)22(15)16(2)29-25(33)21-23(27)30-31-14-8-13-28-24(21)31;1-14-17-10-6-11-18(26)19(17)25(34)32(16-8-4-3-5-9-16)21(14)15(2)29-24(33)20-22(27)30-31-13-7-12-28-23(20)31/h4-14,16H,1-3H3,(H2,27,30)(H,29,33);3-13,15H,1-2H3,(H2,27,30)(H,29,33)/t16-;15-/m00/s1. The van der Waals surface area contributed by atoms with Gasteiger partial charge < -0.3 is 26.8 Å². The van der Waals surface area contributed by atoms with Gasteiger partial charge in [0.25, 0.3) is 22.9 Å². The minimum atomic E-state index is -0.633. The SMILES string of the molecule is COc1cccc2c(C)c([C@H](C)NC(=O)c3c(N)nn4cccnc34)n(-c3ccccc3)c(=O)c12.Cc1c([C@H](C)NC(=O)c2c(N)nn3cccnc23)n(-c2ccccc2)c(=O)c2c(F)cccc12. The summed E-state index contributed by atoms with van der Waals surface area (Å²) < 4.78 is 26.2. The Morgan fingerprint density at radius 3 is 1.51 bits per heavy atom. The zero-order valence-corrected chi connectivity index (χ0v) is 38.0. The van der Waals surface area contributed by atoms with E-state index in [0.717, 1.165) is 10.9 Å². The van der Waals surface area contributed by atoms with Crippen LogP contribution in [0.25, 0.3) is 44.2 Å². The van der Waals surface area contributed by atoms with E-state index in [2.05, 4.69) is 30.8 Å². The third kappa shape index (κ3) is 7.92. The molecule has 0 aliphatic rings. The van der Waals surface area contributed by atoms with Crippen molar-refractivity contribution in [1.82, 2.24) is 49.0 Å². The fourth-order valence-corrected chi connectivity index (χ4v) is 8.96. The number of benzene rings is 4. The largest absolute Gasteiger partial charge is 0.496 e. The molecule has 17 nitrogen and oxygen atoms in total. The minimum absolute atomic E-state index is 0.00204. The zero-order valence-electron chi connectivity index (χ0n) is 38.0. The predicted molar refractivity (Wildman–Crippen MR) is 262 cm³/mol. The van der Waals surface area contributed by atoms with Crippen LogP contribution >= 0.6 is 0 Å². The molecule has 2 amide bonds. The van der Waals surface area contributed by atoms with Gasteiger partial charge in [-0.15, -0.1) is 10.2 Å². The molecule has 0 aliphatic heterocycles. The van der Waals surface area contributed by atoms with E-state index < -0.39 is 35.3 Å². The molecule has 2 atom stereocenters. The average Bonchev–Trinajstić information content (AvgIpc) is 3.88. The maximum atomic E-state index is 14.7. The molecule has 10 rings (SSSR count). The van der Waals surface area contributed by atoms with Crippen LogP contribution in [-0.2, 0) is 0 Å². The van der Waals surface area contributed by atoms with Crippen LogP contribution in [0.1, 0.15) is 69.2 Å². The van der Waals surface area contributed by atoms with Gasteiger partial charge in [0.2, 0.25) is 0 Å². The molecule has 0 bridgehead atoms. The lowest BCUT2D eigenvalue weighted by atomic mass is 9.99. The Hall–Kier alpha value is -9.19. The van der Waals surface area contributed by atoms with Crippen LogP contribution in [0, 0.1) is 19.7 Å². The number of halogens is 1. The molecule has 0 saturated carbocycles. The monoisotopic (exact) mass is 924 g/mol. The van der Waals surface area contributed by atoms with E-state index in [9.17, 15) is 23.6 Å². The van der Waals surface area contributed by atoms with Gasteiger partial charge in [-0.1, -0.05) is 60.7 Å². The molecule has 0 unspecified atom stereocenters. The molecule has 18 heteroatoms. The lowest BCUT2D eigenvalue weighted by Gasteiger charge is -2.24. The molecule has 0 radical (unpaired) electrons. The maximum Gasteiger partial charge on any atom is 0.267 e. The fourth-order valence-electron chi connectivity index (χ4n) is 8.96. The summed E-state index contributed by atoms with van der Waals surface area (Å²) in [6.45, 7) is 7.34. The molecular formula is C51H45FN12O5. The predicted octanol–water partition coefficient (Wildman–Crippen LogP) is 6.98. The number of nitrogens with one attached hydrogen (secondary N) is 2. The fraction of sp³-hybridized carbons (Fsp3) is 0.137. The van der Waals surface area contributed by atoms with E-state index in [1.54, 1.807) is 98.0 Å². The summed E-state index contributed by atoms with van der Waals surface area (Å²) in [5.41, 5.74) is 16.3. The summed E-state index contributed by atoms with van der Waals surface area (Å²) in [5, 5.41) is 16.0. The first kappa shape index (κ1) is 45.0. The number of para-hydroxylation sites is 2. The Bertz CT molecular complexity index is 3760. The van der Waals surface area contributed by atoms with Gasteiger partial charge in [-0.3, -0.25) is 28.3 Å². The number of nitrogens with two attached hydrogens (primary N) is 2. The van der Waals surface area contributed by atoms with Gasteiger partial charge in [-0.05, 0) is 98.1 Å². The summed E-state index contributed by atoms with van der Waals surface area (Å²) in [6, 6.07) is 30.5. The molecule has 10 aromatic rings. The number of carbonyl (C=O) groups excluding carboxylic acids is 2. The number of pyridine rings is 2. The van der Waals surface area contributed by atoms with E-state index in [-0.39, 0.29) is 33.7 Å². The maximum absolute atomic E-state index is 14.7. The first-order valence-electron chi connectivity index (χ1n) is 21.8. The van der Waals surface area contributed by atoms with Crippen LogP contribution in [0.2, 0.25) is 0 Å². The molecule has 69 heavy (non-hydrogen) atoms. The lowest BCUT2D eigenvalue weighted by molar-refractivity contribution is 0.0932. The number of fused-ring (bicyclic) bond motifs is 4. The van der Waals surface area contributed by atoms with Crippen LogP contribution in [0.4, 0.5) is 16.0 Å². The van der Waals surface area contributed by atoms with Crippen LogP contribution in [0.15, 0.2) is 144 Å². The summed E-state index contributed by atoms with van der Waals surface area (Å²) in [4.78, 5) is 62.5. The van der Waals surface area contributed by atoms with Crippen molar-refractivity contribution in [3.63, 3.8) is 0 Å². The third-order valence-corrected chi connectivity index (χ3v) is 12.0. The van der Waals surface area contributed by atoms with Crippen molar-refractivity contribution in [3.05, 3.63) is 194 Å². The Morgan fingerprint density at radius 2 is 1.04 bits per heavy atom. The number of rotatable bonds is 9. The van der Waals surface area contributed by atoms with Gasteiger partial charge in [0.15, 0.2) is 22.9 Å². The molecule has 346 valence electrons. The molecular weight excluding hydrogens is 880 g/mol.